The van der Waals surface area contributed by atoms with Crippen LogP contribution in [0.25, 0.3) is 0 Å². The predicted octanol–water partition coefficient (Wildman–Crippen LogP) is 2.48. The highest BCUT2D eigenvalue weighted by Crippen LogP contribution is 2.53. The molecule has 1 saturated carbocycles. The minimum absolute atomic E-state index is 0.0111. The molecule has 1 aliphatic carbocycles. The number of halogens is 4. The molecule has 2 aliphatic heterocycles. The number of aliphatic hydroxyl groups excluding tert-OH is 2. The van der Waals surface area contributed by atoms with Crippen LogP contribution in [0.3, 0.4) is 0 Å². The van der Waals surface area contributed by atoms with Gasteiger partial charge >= 0.3 is 6.18 Å². The summed E-state index contributed by atoms with van der Waals surface area (Å²) in [6.07, 6.45) is -2.17. The number of benzene rings is 1. The topological polar surface area (TPSA) is 101 Å². The van der Waals surface area contributed by atoms with Crippen LogP contribution in [0.4, 0.5) is 13.2 Å². The van der Waals surface area contributed by atoms with Crippen molar-refractivity contribution in [1.82, 2.24) is 14.7 Å². The molecule has 8 nitrogen and oxygen atoms in total. The van der Waals surface area contributed by atoms with Crippen LogP contribution in [0.15, 0.2) is 18.2 Å². The van der Waals surface area contributed by atoms with E-state index in [0.717, 1.165) is 31.4 Å². The van der Waals surface area contributed by atoms with Crippen LogP contribution in [0.1, 0.15) is 50.2 Å². The average molecular weight is 560 g/mol. The highest BCUT2D eigenvalue weighted by Gasteiger charge is 2.51. The van der Waals surface area contributed by atoms with E-state index in [9.17, 15) is 37.8 Å². The summed E-state index contributed by atoms with van der Waals surface area (Å²) >= 11 is 5.76. The van der Waals surface area contributed by atoms with E-state index in [4.69, 9.17) is 11.6 Å². The molecule has 12 heteroatoms. The molecule has 1 aromatic carbocycles. The quantitative estimate of drug-likeness (QED) is 0.534. The number of hydrogen-bond acceptors (Lipinski definition) is 5. The minimum Gasteiger partial charge on any atom is -0.394 e. The van der Waals surface area contributed by atoms with Crippen LogP contribution in [0, 0.1) is 5.41 Å². The number of piperidine rings is 1. The van der Waals surface area contributed by atoms with E-state index in [2.05, 4.69) is 0 Å². The van der Waals surface area contributed by atoms with Gasteiger partial charge in [-0.1, -0.05) is 17.7 Å². The molecule has 210 valence electrons. The Morgan fingerprint density at radius 1 is 1.16 bits per heavy atom. The number of likely N-dealkylation sites (tertiary alicyclic amines) is 1. The van der Waals surface area contributed by atoms with Crippen LogP contribution in [-0.4, -0.2) is 93.6 Å². The third kappa shape index (κ3) is 5.94. The molecule has 4 rings (SSSR count). The number of nitrogens with zero attached hydrogens (tertiary/aromatic N) is 3. The summed E-state index contributed by atoms with van der Waals surface area (Å²) < 4.78 is 38.8. The summed E-state index contributed by atoms with van der Waals surface area (Å²) in [4.78, 5) is 43.3. The summed E-state index contributed by atoms with van der Waals surface area (Å²) in [6, 6.07) is 1.71. The molecule has 2 N–H and O–H groups in total. The van der Waals surface area contributed by atoms with Gasteiger partial charge in [-0.25, -0.2) is 0 Å². The van der Waals surface area contributed by atoms with Crippen molar-refractivity contribution in [2.75, 3.05) is 32.8 Å². The van der Waals surface area contributed by atoms with Crippen LogP contribution >= 0.6 is 11.6 Å². The zero-order valence-corrected chi connectivity index (χ0v) is 22.0. The number of rotatable bonds is 7. The first-order valence-electron chi connectivity index (χ1n) is 12.9. The molecule has 3 fully saturated rings. The first kappa shape index (κ1) is 28.6. The number of carbonyl (C=O) groups is 3. The Hall–Kier alpha value is -2.37. The van der Waals surface area contributed by atoms with E-state index in [1.807, 2.05) is 0 Å². The monoisotopic (exact) mass is 559 g/mol. The van der Waals surface area contributed by atoms with E-state index in [1.54, 1.807) is 11.8 Å². The molecule has 2 heterocycles. The Labute approximate surface area is 224 Å². The fraction of sp³-hybridized carbons (Fsp3) is 0.654. The Balaban J connectivity index is 1.31. The number of piperazine rings is 1. The van der Waals surface area contributed by atoms with Crippen LogP contribution in [-0.2, 0) is 27.0 Å². The maximum atomic E-state index is 13.1. The van der Waals surface area contributed by atoms with Crippen molar-refractivity contribution in [3.8, 4) is 0 Å². The van der Waals surface area contributed by atoms with E-state index in [1.165, 1.54) is 15.9 Å². The van der Waals surface area contributed by atoms with E-state index in [0.29, 0.717) is 18.7 Å². The highest BCUT2D eigenvalue weighted by atomic mass is 35.5. The highest BCUT2D eigenvalue weighted by molar-refractivity contribution is 6.31. The Bertz CT molecular complexity index is 1080. The third-order valence-electron chi connectivity index (χ3n) is 8.27. The van der Waals surface area contributed by atoms with Gasteiger partial charge in [0.25, 0.3) is 0 Å². The molecular formula is C26H33ClF3N3O5. The van der Waals surface area contributed by atoms with Gasteiger partial charge in [0.05, 0.1) is 35.8 Å². The van der Waals surface area contributed by atoms with Crippen molar-refractivity contribution in [2.45, 2.75) is 69.8 Å². The van der Waals surface area contributed by atoms with Crippen LogP contribution in [0.5, 0.6) is 0 Å². The van der Waals surface area contributed by atoms with Gasteiger partial charge in [-0.15, -0.1) is 0 Å². The number of β-amino-alcohol motifs (C(OH)–C–C–N with tert-alkyl or cyclic N) is 1. The molecule has 0 aromatic heterocycles. The molecule has 1 spiro atoms. The molecule has 1 aromatic rings. The van der Waals surface area contributed by atoms with E-state index in [-0.39, 0.29) is 56.2 Å². The second-order valence-electron chi connectivity index (χ2n) is 10.6. The van der Waals surface area contributed by atoms with Gasteiger partial charge in [0, 0.05) is 32.6 Å². The first-order chi connectivity index (χ1) is 17.9. The minimum atomic E-state index is -4.60. The SMILES string of the molecule is C[C@H]1C(=O)N([C@H](CO)CCC(=O)N2CCC3(CC3)[C@H](O)C2)CCN1C(=O)Cc1ccc(C(F)(F)F)c(Cl)c1. The molecule has 38 heavy (non-hydrogen) atoms. The lowest BCUT2D eigenvalue weighted by molar-refractivity contribution is -0.153. The first-order valence-corrected chi connectivity index (χ1v) is 13.3. The fourth-order valence-electron chi connectivity index (χ4n) is 5.55. The second kappa shape index (κ2) is 11.0. The molecule has 3 aliphatic rings. The third-order valence-corrected chi connectivity index (χ3v) is 8.58. The maximum Gasteiger partial charge on any atom is 0.417 e. The van der Waals surface area contributed by atoms with Crippen molar-refractivity contribution in [1.29, 1.82) is 0 Å². The van der Waals surface area contributed by atoms with Gasteiger partial charge in [0.15, 0.2) is 0 Å². The lowest BCUT2D eigenvalue weighted by Crippen LogP contribution is -2.61. The van der Waals surface area contributed by atoms with Crippen molar-refractivity contribution in [3.05, 3.63) is 34.3 Å². The number of hydrogen-bond donors (Lipinski definition) is 2. The smallest absolute Gasteiger partial charge is 0.394 e. The van der Waals surface area contributed by atoms with Gasteiger partial charge in [0.1, 0.15) is 6.04 Å². The summed E-state index contributed by atoms with van der Waals surface area (Å²) in [7, 11) is 0. The zero-order chi connectivity index (χ0) is 27.8. The Kier molecular flexibility index (Phi) is 8.30. The molecule has 0 unspecified atom stereocenters. The Morgan fingerprint density at radius 2 is 1.87 bits per heavy atom. The number of amides is 3. The molecule has 2 saturated heterocycles. The number of aliphatic hydroxyl groups is 2. The van der Waals surface area contributed by atoms with Crippen LogP contribution in [0.2, 0.25) is 5.02 Å². The lowest BCUT2D eigenvalue weighted by atomic mass is 9.90. The summed E-state index contributed by atoms with van der Waals surface area (Å²) in [5.41, 5.74) is -0.690. The molecule has 0 bridgehead atoms. The predicted molar refractivity (Wildman–Crippen MR) is 132 cm³/mol. The normalized spacial score (nSPS) is 24.1. The summed E-state index contributed by atoms with van der Waals surface area (Å²) in [5.74, 6) is -0.915. The number of carbonyl (C=O) groups excluding carboxylic acids is 3. The Morgan fingerprint density at radius 3 is 2.45 bits per heavy atom. The number of alkyl halides is 3. The van der Waals surface area contributed by atoms with Gasteiger partial charge in [-0.3, -0.25) is 14.4 Å². The standard InChI is InChI=1S/C26H33ClF3N3O5/c1-16-24(38)33(18(15-34)3-5-22(36)31-9-8-25(6-7-25)21(35)14-31)11-10-32(16)23(37)13-17-2-4-19(20(27)12-17)26(28,29)30/h2,4,12,16,18,21,34-35H,3,5-11,13-15H2,1H3/t16-,18-,21+/m0/s1. The fourth-order valence-corrected chi connectivity index (χ4v) is 5.86. The van der Waals surface area contributed by atoms with Gasteiger partial charge in [0.2, 0.25) is 17.7 Å². The average Bonchev–Trinajstić information content (AvgIpc) is 3.63. The van der Waals surface area contributed by atoms with Crippen molar-refractivity contribution in [3.63, 3.8) is 0 Å². The molecule has 3 amide bonds. The van der Waals surface area contributed by atoms with Crippen molar-refractivity contribution in [2.24, 2.45) is 5.41 Å². The van der Waals surface area contributed by atoms with Crippen molar-refractivity contribution >= 4 is 29.3 Å². The summed E-state index contributed by atoms with van der Waals surface area (Å²) in [6.45, 7) is 2.48. The van der Waals surface area contributed by atoms with Gasteiger partial charge < -0.3 is 24.9 Å². The molecular weight excluding hydrogens is 527 g/mol. The maximum absolute atomic E-state index is 13.1. The molecule has 3 atom stereocenters. The van der Waals surface area contributed by atoms with Gasteiger partial charge in [-0.2, -0.15) is 13.2 Å². The lowest BCUT2D eigenvalue weighted by Gasteiger charge is -2.42. The zero-order valence-electron chi connectivity index (χ0n) is 21.2. The largest absolute Gasteiger partial charge is 0.417 e. The van der Waals surface area contributed by atoms with Gasteiger partial charge in [-0.05, 0) is 55.7 Å². The second-order valence-corrected chi connectivity index (χ2v) is 11.0. The van der Waals surface area contributed by atoms with E-state index < -0.39 is 40.9 Å². The van der Waals surface area contributed by atoms with Crippen LogP contribution < -0.4 is 0 Å². The molecule has 0 radical (unpaired) electrons. The summed E-state index contributed by atoms with van der Waals surface area (Å²) in [5, 5.41) is 19.8. The van der Waals surface area contributed by atoms with E-state index >= 15 is 0 Å². The van der Waals surface area contributed by atoms with Crippen molar-refractivity contribution < 1.29 is 37.8 Å².